The van der Waals surface area contributed by atoms with Crippen molar-refractivity contribution < 1.29 is 4.39 Å². The molecular formula is C12H16FNS. The Hall–Kier alpha value is -0.540. The van der Waals surface area contributed by atoms with E-state index in [0.717, 1.165) is 16.6 Å². The number of halogens is 1. The largest absolute Gasteiger partial charge is 0.327 e. The Morgan fingerprint density at radius 3 is 2.53 bits per heavy atom. The quantitative estimate of drug-likeness (QED) is 0.797. The predicted molar refractivity (Wildman–Crippen MR) is 62.4 cm³/mol. The predicted octanol–water partition coefficient (Wildman–Crippen LogP) is 3.05. The first kappa shape index (κ1) is 11.0. The van der Waals surface area contributed by atoms with E-state index in [1.807, 2.05) is 12.1 Å². The van der Waals surface area contributed by atoms with Gasteiger partial charge in [-0.1, -0.05) is 6.42 Å². The Bertz CT molecular complexity index is 308. The SMILES string of the molecule is NC(CSc1ccc(F)cc1)C1CCC1. The molecule has 1 aromatic carbocycles. The number of hydrogen-bond acceptors (Lipinski definition) is 2. The van der Waals surface area contributed by atoms with Gasteiger partial charge in [-0.05, 0) is 43.0 Å². The number of hydrogen-bond donors (Lipinski definition) is 1. The molecule has 1 unspecified atom stereocenters. The van der Waals surface area contributed by atoms with E-state index < -0.39 is 0 Å². The number of benzene rings is 1. The molecule has 1 fully saturated rings. The molecule has 2 rings (SSSR count). The van der Waals surface area contributed by atoms with E-state index in [-0.39, 0.29) is 5.82 Å². The topological polar surface area (TPSA) is 26.0 Å². The summed E-state index contributed by atoms with van der Waals surface area (Å²) in [5, 5.41) is 0. The van der Waals surface area contributed by atoms with Gasteiger partial charge < -0.3 is 5.73 Å². The van der Waals surface area contributed by atoms with Crippen molar-refractivity contribution in [2.24, 2.45) is 11.7 Å². The minimum absolute atomic E-state index is 0.178. The van der Waals surface area contributed by atoms with Crippen LogP contribution in [-0.2, 0) is 0 Å². The molecule has 82 valence electrons. The smallest absolute Gasteiger partial charge is 0.123 e. The second-order valence-electron chi connectivity index (χ2n) is 4.12. The number of thioether (sulfide) groups is 1. The van der Waals surface area contributed by atoms with Crippen LogP contribution < -0.4 is 5.73 Å². The third-order valence-electron chi connectivity index (χ3n) is 3.01. The van der Waals surface area contributed by atoms with Crippen LogP contribution in [0.2, 0.25) is 0 Å². The summed E-state index contributed by atoms with van der Waals surface area (Å²) in [5.74, 6) is 1.48. The van der Waals surface area contributed by atoms with Gasteiger partial charge in [0.25, 0.3) is 0 Å². The maximum absolute atomic E-state index is 12.6. The molecule has 1 atom stereocenters. The number of rotatable bonds is 4. The molecule has 1 aliphatic carbocycles. The lowest BCUT2D eigenvalue weighted by atomic mass is 9.81. The third-order valence-corrected chi connectivity index (χ3v) is 4.17. The summed E-state index contributed by atoms with van der Waals surface area (Å²) < 4.78 is 12.6. The zero-order chi connectivity index (χ0) is 10.7. The zero-order valence-electron chi connectivity index (χ0n) is 8.66. The van der Waals surface area contributed by atoms with Gasteiger partial charge in [-0.3, -0.25) is 0 Å². The fourth-order valence-corrected chi connectivity index (χ4v) is 2.71. The van der Waals surface area contributed by atoms with Gasteiger partial charge in [0.15, 0.2) is 0 Å². The van der Waals surface area contributed by atoms with E-state index >= 15 is 0 Å². The van der Waals surface area contributed by atoms with Crippen molar-refractivity contribution in [1.82, 2.24) is 0 Å². The Morgan fingerprint density at radius 2 is 2.00 bits per heavy atom. The minimum atomic E-state index is -0.178. The van der Waals surface area contributed by atoms with Crippen molar-refractivity contribution in [3.05, 3.63) is 30.1 Å². The molecule has 1 nitrogen and oxygen atoms in total. The summed E-state index contributed by atoms with van der Waals surface area (Å²) in [5.41, 5.74) is 6.06. The second kappa shape index (κ2) is 4.99. The van der Waals surface area contributed by atoms with E-state index in [0.29, 0.717) is 6.04 Å². The van der Waals surface area contributed by atoms with Gasteiger partial charge in [-0.2, -0.15) is 0 Å². The molecule has 0 spiro atoms. The molecule has 1 saturated carbocycles. The maximum atomic E-state index is 12.6. The molecule has 0 radical (unpaired) electrons. The van der Waals surface area contributed by atoms with Crippen LogP contribution >= 0.6 is 11.8 Å². The minimum Gasteiger partial charge on any atom is -0.327 e. The first-order valence-corrected chi connectivity index (χ1v) is 6.38. The fraction of sp³-hybridized carbons (Fsp3) is 0.500. The molecule has 0 aliphatic heterocycles. The average molecular weight is 225 g/mol. The molecule has 0 bridgehead atoms. The van der Waals surface area contributed by atoms with E-state index in [9.17, 15) is 4.39 Å². The first-order chi connectivity index (χ1) is 7.25. The summed E-state index contributed by atoms with van der Waals surface area (Å²) in [4.78, 5) is 1.10. The molecule has 1 aromatic rings. The molecule has 1 aliphatic rings. The van der Waals surface area contributed by atoms with Crippen LogP contribution in [0.4, 0.5) is 4.39 Å². The lowest BCUT2D eigenvalue weighted by Gasteiger charge is -2.30. The summed E-state index contributed by atoms with van der Waals surface area (Å²) >= 11 is 1.72. The Kier molecular flexibility index (Phi) is 3.65. The molecule has 0 amide bonds. The highest BCUT2D eigenvalue weighted by Crippen LogP contribution is 2.31. The Balaban J connectivity index is 1.79. The molecule has 15 heavy (non-hydrogen) atoms. The van der Waals surface area contributed by atoms with Gasteiger partial charge in [-0.15, -0.1) is 11.8 Å². The first-order valence-electron chi connectivity index (χ1n) is 5.39. The number of nitrogens with two attached hydrogens (primary N) is 1. The van der Waals surface area contributed by atoms with Crippen molar-refractivity contribution in [2.75, 3.05) is 5.75 Å². The van der Waals surface area contributed by atoms with Gasteiger partial charge in [-0.25, -0.2) is 4.39 Å². The molecule has 0 aromatic heterocycles. The van der Waals surface area contributed by atoms with Gasteiger partial charge in [0, 0.05) is 16.7 Å². The van der Waals surface area contributed by atoms with E-state index in [1.54, 1.807) is 11.8 Å². The Morgan fingerprint density at radius 1 is 1.33 bits per heavy atom. The lowest BCUT2D eigenvalue weighted by Crippen LogP contribution is -2.36. The van der Waals surface area contributed by atoms with Crippen LogP contribution in [0.1, 0.15) is 19.3 Å². The maximum Gasteiger partial charge on any atom is 0.123 e. The van der Waals surface area contributed by atoms with Crippen molar-refractivity contribution in [3.63, 3.8) is 0 Å². The van der Waals surface area contributed by atoms with Crippen molar-refractivity contribution in [1.29, 1.82) is 0 Å². The van der Waals surface area contributed by atoms with Crippen LogP contribution in [0.25, 0.3) is 0 Å². The fourth-order valence-electron chi connectivity index (χ4n) is 1.73. The summed E-state index contributed by atoms with van der Waals surface area (Å²) in [6, 6.07) is 6.92. The van der Waals surface area contributed by atoms with Crippen LogP contribution in [0, 0.1) is 11.7 Å². The zero-order valence-corrected chi connectivity index (χ0v) is 9.47. The lowest BCUT2D eigenvalue weighted by molar-refractivity contribution is 0.276. The van der Waals surface area contributed by atoms with E-state index in [2.05, 4.69) is 0 Å². The van der Waals surface area contributed by atoms with Crippen molar-refractivity contribution in [3.8, 4) is 0 Å². The molecular weight excluding hydrogens is 209 g/mol. The van der Waals surface area contributed by atoms with Crippen LogP contribution in [-0.4, -0.2) is 11.8 Å². The van der Waals surface area contributed by atoms with Crippen molar-refractivity contribution in [2.45, 2.75) is 30.2 Å². The second-order valence-corrected chi connectivity index (χ2v) is 5.21. The average Bonchev–Trinajstić information content (AvgIpc) is 2.14. The molecule has 2 N–H and O–H groups in total. The molecule has 0 saturated heterocycles. The summed E-state index contributed by atoms with van der Waals surface area (Å²) in [6.07, 6.45) is 3.90. The highest BCUT2D eigenvalue weighted by molar-refractivity contribution is 7.99. The van der Waals surface area contributed by atoms with Gasteiger partial charge >= 0.3 is 0 Å². The van der Waals surface area contributed by atoms with Crippen LogP contribution in [0.15, 0.2) is 29.2 Å². The van der Waals surface area contributed by atoms with Gasteiger partial charge in [0.05, 0.1) is 0 Å². The van der Waals surface area contributed by atoms with Crippen LogP contribution in [0.3, 0.4) is 0 Å². The van der Waals surface area contributed by atoms with Crippen LogP contribution in [0.5, 0.6) is 0 Å². The summed E-state index contributed by atoms with van der Waals surface area (Å²) in [6.45, 7) is 0. The van der Waals surface area contributed by atoms with E-state index in [1.165, 1.54) is 31.4 Å². The molecule has 0 heterocycles. The Labute approximate surface area is 94.2 Å². The summed E-state index contributed by atoms with van der Waals surface area (Å²) in [7, 11) is 0. The normalized spacial score (nSPS) is 18.5. The standard InChI is InChI=1S/C12H16FNS/c13-10-4-6-11(7-5-10)15-8-12(14)9-2-1-3-9/h4-7,9,12H,1-3,8,14H2. The highest BCUT2D eigenvalue weighted by Gasteiger charge is 2.24. The van der Waals surface area contributed by atoms with Gasteiger partial charge in [0.1, 0.15) is 5.82 Å². The third kappa shape index (κ3) is 2.95. The highest BCUT2D eigenvalue weighted by atomic mass is 32.2. The monoisotopic (exact) mass is 225 g/mol. The van der Waals surface area contributed by atoms with E-state index in [4.69, 9.17) is 5.73 Å². The van der Waals surface area contributed by atoms with Gasteiger partial charge in [0.2, 0.25) is 0 Å². The molecule has 3 heteroatoms. The van der Waals surface area contributed by atoms with Crippen molar-refractivity contribution >= 4 is 11.8 Å².